The highest BCUT2D eigenvalue weighted by Crippen LogP contribution is 2.29. The summed E-state index contributed by atoms with van der Waals surface area (Å²) in [4.78, 5) is 4.34. The fourth-order valence-electron chi connectivity index (χ4n) is 1.22. The van der Waals surface area contributed by atoms with Crippen molar-refractivity contribution in [3.8, 4) is 0 Å². The summed E-state index contributed by atoms with van der Waals surface area (Å²) in [6.07, 6.45) is 2.22. The summed E-state index contributed by atoms with van der Waals surface area (Å²) in [6.45, 7) is 9.56. The van der Waals surface area contributed by atoms with Crippen LogP contribution in [0, 0.1) is 5.41 Å². The van der Waals surface area contributed by atoms with Crippen molar-refractivity contribution in [2.75, 3.05) is 13.1 Å². The molecule has 82 valence electrons. The van der Waals surface area contributed by atoms with Crippen LogP contribution in [-0.2, 0) is 0 Å². The third-order valence-electron chi connectivity index (χ3n) is 3.26. The maximum atomic E-state index is 9.94. The molecule has 0 saturated carbocycles. The fraction of sp³-hybridized carbons (Fsp3) is 0.909. The molecule has 0 aromatic rings. The molecule has 0 amide bonds. The van der Waals surface area contributed by atoms with Gasteiger partial charge >= 0.3 is 0 Å². The van der Waals surface area contributed by atoms with Crippen molar-refractivity contribution in [3.05, 3.63) is 0 Å². The number of hydrogen-bond donors (Lipinski definition) is 2. The summed E-state index contributed by atoms with van der Waals surface area (Å²) < 4.78 is 0. The molecule has 0 aromatic carbocycles. The third kappa shape index (κ3) is 2.71. The van der Waals surface area contributed by atoms with E-state index in [-0.39, 0.29) is 5.41 Å². The standard InChI is InChI=1S/C11H22N2O/c1-10(2,11(3,4)14)8-13-9-6-5-7-12-9/h14H,5-8H2,1-4H3,(H,12,13). The van der Waals surface area contributed by atoms with Gasteiger partial charge in [0.2, 0.25) is 0 Å². The van der Waals surface area contributed by atoms with Crippen LogP contribution in [-0.4, -0.2) is 29.6 Å². The highest BCUT2D eigenvalue weighted by molar-refractivity contribution is 5.83. The number of aliphatic hydroxyl groups is 1. The molecule has 0 aromatic heterocycles. The second-order valence-electron chi connectivity index (χ2n) is 5.23. The third-order valence-corrected chi connectivity index (χ3v) is 3.26. The van der Waals surface area contributed by atoms with Gasteiger partial charge in [-0.1, -0.05) is 13.8 Å². The van der Waals surface area contributed by atoms with Gasteiger partial charge in [-0.15, -0.1) is 0 Å². The smallest absolute Gasteiger partial charge is 0.0963 e. The van der Waals surface area contributed by atoms with E-state index in [9.17, 15) is 5.11 Å². The van der Waals surface area contributed by atoms with Crippen LogP contribution in [0.2, 0.25) is 0 Å². The van der Waals surface area contributed by atoms with Gasteiger partial charge in [0, 0.05) is 24.9 Å². The van der Waals surface area contributed by atoms with Gasteiger partial charge in [-0.2, -0.15) is 0 Å². The minimum atomic E-state index is -0.667. The van der Waals surface area contributed by atoms with Crippen LogP contribution >= 0.6 is 0 Å². The van der Waals surface area contributed by atoms with E-state index in [1.807, 2.05) is 13.8 Å². The second kappa shape index (κ2) is 3.89. The Morgan fingerprint density at radius 3 is 2.43 bits per heavy atom. The average Bonchev–Trinajstić information content (AvgIpc) is 2.50. The molecule has 0 bridgehead atoms. The minimum Gasteiger partial charge on any atom is -0.390 e. The van der Waals surface area contributed by atoms with Gasteiger partial charge in [0.05, 0.1) is 11.4 Å². The predicted molar refractivity (Wildman–Crippen MR) is 59.6 cm³/mol. The maximum absolute atomic E-state index is 9.94. The quantitative estimate of drug-likeness (QED) is 0.723. The Hall–Kier alpha value is -0.570. The lowest BCUT2D eigenvalue weighted by Crippen LogP contribution is -2.47. The lowest BCUT2D eigenvalue weighted by molar-refractivity contribution is -0.0315. The van der Waals surface area contributed by atoms with Gasteiger partial charge < -0.3 is 10.4 Å². The number of hydrogen-bond acceptors (Lipinski definition) is 3. The zero-order chi connectivity index (χ0) is 10.8. The molecular weight excluding hydrogens is 176 g/mol. The molecule has 3 nitrogen and oxygen atoms in total. The normalized spacial score (nSPS) is 18.2. The summed E-state index contributed by atoms with van der Waals surface area (Å²) in [5.74, 6) is 1.10. The van der Waals surface area contributed by atoms with Gasteiger partial charge in [-0.25, -0.2) is 0 Å². The van der Waals surface area contributed by atoms with E-state index >= 15 is 0 Å². The molecule has 0 spiro atoms. The van der Waals surface area contributed by atoms with Crippen molar-refractivity contribution >= 4 is 5.84 Å². The summed E-state index contributed by atoms with van der Waals surface area (Å²) >= 11 is 0. The molecule has 0 aliphatic carbocycles. The molecule has 1 aliphatic rings. The lowest BCUT2D eigenvalue weighted by Gasteiger charge is -2.37. The lowest BCUT2D eigenvalue weighted by atomic mass is 9.77. The average molecular weight is 198 g/mol. The molecule has 0 fully saturated rings. The Balaban J connectivity index is 2.43. The summed E-state index contributed by atoms with van der Waals surface area (Å²) in [5.41, 5.74) is -0.808. The summed E-state index contributed by atoms with van der Waals surface area (Å²) in [5, 5.41) is 13.3. The first-order valence-electron chi connectivity index (χ1n) is 5.32. The van der Waals surface area contributed by atoms with E-state index in [0.29, 0.717) is 0 Å². The summed E-state index contributed by atoms with van der Waals surface area (Å²) in [7, 11) is 0. The fourth-order valence-corrected chi connectivity index (χ4v) is 1.22. The first-order chi connectivity index (χ1) is 6.33. The Bertz CT molecular complexity index is 226. The molecule has 14 heavy (non-hydrogen) atoms. The van der Waals surface area contributed by atoms with E-state index in [1.165, 1.54) is 0 Å². The Labute approximate surface area is 86.6 Å². The van der Waals surface area contributed by atoms with Gasteiger partial charge in [0.1, 0.15) is 0 Å². The SMILES string of the molecule is CC(C)(O)C(C)(C)CNC1=NCCC1. The van der Waals surface area contributed by atoms with Crippen LogP contribution in [0.5, 0.6) is 0 Å². The number of rotatable bonds is 3. The van der Waals surface area contributed by atoms with E-state index < -0.39 is 5.60 Å². The zero-order valence-electron chi connectivity index (χ0n) is 9.72. The molecule has 1 rings (SSSR count). The van der Waals surface area contributed by atoms with Crippen LogP contribution in [0.4, 0.5) is 0 Å². The van der Waals surface area contributed by atoms with E-state index in [0.717, 1.165) is 31.8 Å². The van der Waals surface area contributed by atoms with Crippen LogP contribution < -0.4 is 5.32 Å². The van der Waals surface area contributed by atoms with E-state index in [2.05, 4.69) is 24.2 Å². The Morgan fingerprint density at radius 1 is 1.36 bits per heavy atom. The highest BCUT2D eigenvalue weighted by Gasteiger charge is 2.34. The van der Waals surface area contributed by atoms with Crippen molar-refractivity contribution in [1.82, 2.24) is 5.32 Å². The van der Waals surface area contributed by atoms with Crippen molar-refractivity contribution in [3.63, 3.8) is 0 Å². The van der Waals surface area contributed by atoms with E-state index in [4.69, 9.17) is 0 Å². The van der Waals surface area contributed by atoms with Gasteiger partial charge in [-0.05, 0) is 20.3 Å². The Morgan fingerprint density at radius 2 is 2.00 bits per heavy atom. The molecule has 0 radical (unpaired) electrons. The van der Waals surface area contributed by atoms with Crippen LogP contribution in [0.3, 0.4) is 0 Å². The monoisotopic (exact) mass is 198 g/mol. The predicted octanol–water partition coefficient (Wildman–Crippen LogP) is 1.57. The topological polar surface area (TPSA) is 44.6 Å². The molecule has 2 N–H and O–H groups in total. The van der Waals surface area contributed by atoms with Crippen molar-refractivity contribution < 1.29 is 5.11 Å². The molecule has 1 heterocycles. The van der Waals surface area contributed by atoms with Crippen LogP contribution in [0.15, 0.2) is 4.99 Å². The van der Waals surface area contributed by atoms with Gasteiger partial charge in [0.15, 0.2) is 0 Å². The molecule has 0 unspecified atom stereocenters. The van der Waals surface area contributed by atoms with Crippen LogP contribution in [0.1, 0.15) is 40.5 Å². The summed E-state index contributed by atoms with van der Waals surface area (Å²) in [6, 6.07) is 0. The first-order valence-corrected chi connectivity index (χ1v) is 5.32. The molecule has 0 atom stereocenters. The molecule has 3 heteroatoms. The Kier molecular flexibility index (Phi) is 3.20. The van der Waals surface area contributed by atoms with Crippen molar-refractivity contribution in [2.24, 2.45) is 10.4 Å². The van der Waals surface area contributed by atoms with Crippen molar-refractivity contribution in [2.45, 2.75) is 46.1 Å². The molecule has 1 aliphatic heterocycles. The largest absolute Gasteiger partial charge is 0.390 e. The zero-order valence-corrected chi connectivity index (χ0v) is 9.72. The maximum Gasteiger partial charge on any atom is 0.0963 e. The molecular formula is C11H22N2O. The first kappa shape index (κ1) is 11.5. The van der Waals surface area contributed by atoms with Crippen LogP contribution in [0.25, 0.3) is 0 Å². The van der Waals surface area contributed by atoms with Crippen molar-refractivity contribution in [1.29, 1.82) is 0 Å². The molecule has 0 saturated heterocycles. The van der Waals surface area contributed by atoms with Gasteiger partial charge in [0.25, 0.3) is 0 Å². The second-order valence-corrected chi connectivity index (χ2v) is 5.23. The number of aliphatic imine (C=N–C) groups is 1. The minimum absolute atomic E-state index is 0.141. The number of nitrogens with zero attached hydrogens (tertiary/aromatic N) is 1. The highest BCUT2D eigenvalue weighted by atomic mass is 16.3. The number of amidine groups is 1. The van der Waals surface area contributed by atoms with E-state index in [1.54, 1.807) is 0 Å². The van der Waals surface area contributed by atoms with Gasteiger partial charge in [-0.3, -0.25) is 4.99 Å². The number of nitrogens with one attached hydrogen (secondary N) is 1.